The molecule has 0 bridgehead atoms. The number of hydrogen-bond acceptors (Lipinski definition) is 2. The Morgan fingerprint density at radius 3 is 1.61 bits per heavy atom. The van der Waals surface area contributed by atoms with Gasteiger partial charge in [0.05, 0.1) is 11.1 Å². The highest BCUT2D eigenvalue weighted by atomic mass is 16.5. The van der Waals surface area contributed by atoms with Crippen molar-refractivity contribution in [1.29, 1.82) is 0 Å². The fraction of sp³-hybridized carbons (Fsp3) is 0.0175. The molecule has 0 saturated heterocycles. The first-order chi connectivity index (χ1) is 29.3. The molecule has 2 heteroatoms. The van der Waals surface area contributed by atoms with Crippen LogP contribution in [0.25, 0.3) is 54.9 Å². The van der Waals surface area contributed by atoms with E-state index in [-0.39, 0.29) is 0 Å². The van der Waals surface area contributed by atoms with E-state index < -0.39 is 5.41 Å². The topological polar surface area (TPSA) is 12.5 Å². The number of hydrogen-bond donors (Lipinski definition) is 0. The zero-order valence-electron chi connectivity index (χ0n) is 32.2. The monoisotopic (exact) mass is 751 g/mol. The van der Waals surface area contributed by atoms with Crippen molar-refractivity contribution in [2.45, 2.75) is 5.41 Å². The third-order valence-electron chi connectivity index (χ3n) is 12.5. The summed E-state index contributed by atoms with van der Waals surface area (Å²) in [6.45, 7) is 0. The van der Waals surface area contributed by atoms with E-state index in [1.807, 2.05) is 0 Å². The number of anilines is 3. The van der Waals surface area contributed by atoms with Crippen LogP contribution in [0.4, 0.5) is 17.1 Å². The van der Waals surface area contributed by atoms with Crippen molar-refractivity contribution in [1.82, 2.24) is 0 Å². The molecule has 0 N–H and O–H groups in total. The van der Waals surface area contributed by atoms with Gasteiger partial charge in [0, 0.05) is 38.8 Å². The molecule has 1 aliphatic heterocycles. The lowest BCUT2D eigenvalue weighted by atomic mass is 9.65. The van der Waals surface area contributed by atoms with Crippen LogP contribution >= 0.6 is 0 Å². The third-order valence-corrected chi connectivity index (χ3v) is 12.5. The van der Waals surface area contributed by atoms with Crippen LogP contribution in [0.2, 0.25) is 0 Å². The molecule has 2 aliphatic rings. The molecule has 10 aromatic carbocycles. The Morgan fingerprint density at radius 1 is 0.322 bits per heavy atom. The van der Waals surface area contributed by atoms with E-state index in [9.17, 15) is 0 Å². The second-order valence-corrected chi connectivity index (χ2v) is 15.6. The summed E-state index contributed by atoms with van der Waals surface area (Å²) in [5.41, 5.74) is 14.7. The van der Waals surface area contributed by atoms with Crippen LogP contribution in [0, 0.1) is 0 Å². The van der Waals surface area contributed by atoms with Crippen LogP contribution < -0.4 is 9.64 Å². The average Bonchev–Trinajstić information content (AvgIpc) is 3.59. The van der Waals surface area contributed by atoms with Gasteiger partial charge in [-0.15, -0.1) is 0 Å². The average molecular weight is 752 g/mol. The zero-order valence-corrected chi connectivity index (χ0v) is 32.2. The fourth-order valence-electron chi connectivity index (χ4n) is 9.94. The molecule has 0 fully saturated rings. The maximum atomic E-state index is 7.22. The number of ether oxygens (including phenoxy) is 1. The van der Waals surface area contributed by atoms with Gasteiger partial charge in [-0.3, -0.25) is 0 Å². The van der Waals surface area contributed by atoms with Crippen molar-refractivity contribution in [3.05, 3.63) is 247 Å². The lowest BCUT2D eigenvalue weighted by Gasteiger charge is -2.40. The molecule has 59 heavy (non-hydrogen) atoms. The van der Waals surface area contributed by atoms with Gasteiger partial charge in [-0.1, -0.05) is 188 Å². The van der Waals surface area contributed by atoms with Crippen molar-refractivity contribution >= 4 is 38.6 Å². The minimum absolute atomic E-state index is 0.628. The molecule has 2 nitrogen and oxygen atoms in total. The van der Waals surface area contributed by atoms with E-state index in [1.54, 1.807) is 0 Å². The van der Waals surface area contributed by atoms with Crippen LogP contribution in [0.15, 0.2) is 224 Å². The molecule has 0 atom stereocenters. The summed E-state index contributed by atoms with van der Waals surface area (Å²) in [5, 5.41) is 4.56. The van der Waals surface area contributed by atoms with Crippen LogP contribution in [0.5, 0.6) is 11.5 Å². The van der Waals surface area contributed by atoms with Gasteiger partial charge in [-0.2, -0.15) is 0 Å². The van der Waals surface area contributed by atoms with Gasteiger partial charge in [-0.05, 0) is 86.1 Å². The molecule has 0 unspecified atom stereocenters. The Kier molecular flexibility index (Phi) is 7.48. The third kappa shape index (κ3) is 5.00. The number of rotatable bonds is 5. The quantitative estimate of drug-likeness (QED) is 0.174. The largest absolute Gasteiger partial charge is 0.455 e. The number of benzene rings is 10. The van der Waals surface area contributed by atoms with Gasteiger partial charge in [0.25, 0.3) is 0 Å². The normalized spacial score (nSPS) is 13.0. The van der Waals surface area contributed by atoms with E-state index in [2.05, 4.69) is 229 Å². The summed E-state index contributed by atoms with van der Waals surface area (Å²) in [4.78, 5) is 2.40. The molecule has 12 rings (SSSR count). The van der Waals surface area contributed by atoms with Gasteiger partial charge in [0.1, 0.15) is 11.5 Å². The highest BCUT2D eigenvalue weighted by molar-refractivity contribution is 6.01. The van der Waals surface area contributed by atoms with Gasteiger partial charge in [0.2, 0.25) is 0 Å². The van der Waals surface area contributed by atoms with Gasteiger partial charge >= 0.3 is 0 Å². The lowest BCUT2D eigenvalue weighted by molar-refractivity contribution is 0.447. The summed E-state index contributed by atoms with van der Waals surface area (Å²) in [6, 6.07) is 81.7. The minimum Gasteiger partial charge on any atom is -0.455 e. The van der Waals surface area contributed by atoms with Crippen molar-refractivity contribution in [2.75, 3.05) is 4.90 Å². The van der Waals surface area contributed by atoms with Crippen molar-refractivity contribution in [3.63, 3.8) is 0 Å². The van der Waals surface area contributed by atoms with E-state index in [4.69, 9.17) is 4.74 Å². The smallest absolute Gasteiger partial charge is 0.140 e. The molecule has 1 heterocycles. The molecular formula is C57H37NO. The lowest BCUT2D eigenvalue weighted by Crippen LogP contribution is -2.32. The predicted octanol–water partition coefficient (Wildman–Crippen LogP) is 15.3. The van der Waals surface area contributed by atoms with E-state index in [1.165, 1.54) is 44.5 Å². The second-order valence-electron chi connectivity index (χ2n) is 15.6. The number of nitrogens with zero attached hydrogens (tertiary/aromatic N) is 1. The first-order valence-electron chi connectivity index (χ1n) is 20.3. The summed E-state index contributed by atoms with van der Waals surface area (Å²) in [6.07, 6.45) is 0. The van der Waals surface area contributed by atoms with Crippen molar-refractivity contribution in [3.8, 4) is 44.9 Å². The number of fused-ring (bicyclic) bond motifs is 13. The van der Waals surface area contributed by atoms with Gasteiger partial charge in [-0.25, -0.2) is 0 Å². The van der Waals surface area contributed by atoms with Crippen LogP contribution in [-0.4, -0.2) is 0 Å². The molecule has 0 radical (unpaired) electrons. The SMILES string of the molecule is c1ccc(-c2cccc(N(c3ccccc3)c3ccccc3-c3ccc4c(c3)C3(c5ccccc5-4)c4ccc5ccccc5c4Oc4c3ccc3ccccc43)c2)cc1. The first kappa shape index (κ1) is 33.5. The maximum Gasteiger partial charge on any atom is 0.140 e. The Hall–Kier alpha value is -7.68. The highest BCUT2D eigenvalue weighted by Crippen LogP contribution is 2.64. The Labute approximate surface area is 343 Å². The minimum atomic E-state index is -0.628. The first-order valence-corrected chi connectivity index (χ1v) is 20.3. The molecule has 1 aliphatic carbocycles. The molecule has 0 saturated carbocycles. The summed E-state index contributed by atoms with van der Waals surface area (Å²) >= 11 is 0. The molecule has 0 aromatic heterocycles. The van der Waals surface area contributed by atoms with E-state index >= 15 is 0 Å². The molecule has 10 aromatic rings. The Balaban J connectivity index is 1.13. The highest BCUT2D eigenvalue weighted by Gasteiger charge is 2.52. The van der Waals surface area contributed by atoms with Gasteiger partial charge < -0.3 is 9.64 Å². The molecule has 1 spiro atoms. The van der Waals surface area contributed by atoms with Gasteiger partial charge in [0.15, 0.2) is 0 Å². The maximum absolute atomic E-state index is 7.22. The van der Waals surface area contributed by atoms with Crippen LogP contribution in [0.3, 0.4) is 0 Å². The number of para-hydroxylation sites is 2. The second kappa shape index (κ2) is 13.2. The molecule has 276 valence electrons. The zero-order chi connectivity index (χ0) is 38.9. The van der Waals surface area contributed by atoms with Crippen LogP contribution in [0.1, 0.15) is 22.3 Å². The predicted molar refractivity (Wildman–Crippen MR) is 244 cm³/mol. The molecule has 0 amide bonds. The Bertz CT molecular complexity index is 3170. The Morgan fingerprint density at radius 2 is 0.881 bits per heavy atom. The summed E-state index contributed by atoms with van der Waals surface area (Å²) < 4.78 is 7.22. The molecular weight excluding hydrogens is 715 g/mol. The van der Waals surface area contributed by atoms with Crippen molar-refractivity contribution < 1.29 is 4.74 Å². The van der Waals surface area contributed by atoms with Crippen molar-refractivity contribution in [2.24, 2.45) is 0 Å². The van der Waals surface area contributed by atoms with E-state index in [0.29, 0.717) is 0 Å². The van der Waals surface area contributed by atoms with Crippen LogP contribution in [-0.2, 0) is 5.41 Å². The summed E-state index contributed by atoms with van der Waals surface area (Å²) in [7, 11) is 0. The summed E-state index contributed by atoms with van der Waals surface area (Å²) in [5.74, 6) is 1.85. The standard InChI is InChI=1S/C57H37NO/c1-3-16-38(17-4-1)41-20-15-23-44(36-41)58(43-21-5-2-6-22-43)54-29-14-12-24-45(54)42-30-33-49-48-27-11-13-28-50(48)57(53(49)37-42)51-34-31-39-18-7-9-25-46(39)55(51)59-56-47-26-10-8-19-40(47)32-35-52(56)57/h1-37H. The fourth-order valence-corrected chi connectivity index (χ4v) is 9.94. The van der Waals surface area contributed by atoms with E-state index in [0.717, 1.165) is 61.2 Å².